The molecule has 1 saturated heterocycles. The molecule has 2 N–H and O–H groups in total. The maximum atomic E-state index is 12.5. The van der Waals surface area contributed by atoms with Gasteiger partial charge >= 0.3 is 0 Å². The third kappa shape index (κ3) is 5.05. The van der Waals surface area contributed by atoms with E-state index in [1.807, 2.05) is 19.1 Å². The molecule has 2 amide bonds. The SMILES string of the molecule is CNC(=O)C(CCC=O)NC(=O)c1ccc(N2CCN(C)CC2)c(C)c1. The summed E-state index contributed by atoms with van der Waals surface area (Å²) >= 11 is 0. The summed E-state index contributed by atoms with van der Waals surface area (Å²) < 4.78 is 0. The Morgan fingerprint density at radius 1 is 1.23 bits per heavy atom. The van der Waals surface area contributed by atoms with Gasteiger partial charge in [0.15, 0.2) is 0 Å². The lowest BCUT2D eigenvalue weighted by Crippen LogP contribution is -2.46. The van der Waals surface area contributed by atoms with E-state index in [-0.39, 0.29) is 24.7 Å². The van der Waals surface area contributed by atoms with Crippen molar-refractivity contribution in [1.29, 1.82) is 0 Å². The molecule has 1 aliphatic rings. The van der Waals surface area contributed by atoms with E-state index in [4.69, 9.17) is 0 Å². The second-order valence-corrected chi connectivity index (χ2v) is 6.68. The number of hydrogen-bond acceptors (Lipinski definition) is 5. The van der Waals surface area contributed by atoms with E-state index in [2.05, 4.69) is 27.5 Å². The third-order valence-electron chi connectivity index (χ3n) is 4.74. The molecule has 7 nitrogen and oxygen atoms in total. The number of carbonyl (C=O) groups is 3. The summed E-state index contributed by atoms with van der Waals surface area (Å²) in [5, 5.41) is 5.24. The van der Waals surface area contributed by atoms with Gasteiger partial charge in [-0.3, -0.25) is 9.59 Å². The lowest BCUT2D eigenvalue weighted by molar-refractivity contribution is -0.122. The monoisotopic (exact) mass is 360 g/mol. The zero-order valence-electron chi connectivity index (χ0n) is 15.7. The standard InChI is InChI=1S/C19H28N4O3/c1-14-13-15(6-7-17(14)23-10-8-22(3)9-11-23)18(25)21-16(5-4-12-24)19(26)20-2/h6-7,12-13,16H,4-5,8-11H2,1-3H3,(H,20,26)(H,21,25). The van der Waals surface area contributed by atoms with Crippen molar-refractivity contribution >= 4 is 23.8 Å². The molecule has 0 aromatic heterocycles. The quantitative estimate of drug-likeness (QED) is 0.695. The summed E-state index contributed by atoms with van der Waals surface area (Å²) in [6.45, 7) is 5.96. The molecule has 0 bridgehead atoms. The fourth-order valence-corrected chi connectivity index (χ4v) is 3.12. The van der Waals surface area contributed by atoms with Crippen LogP contribution in [0.2, 0.25) is 0 Å². The first-order chi connectivity index (χ1) is 12.5. The summed E-state index contributed by atoms with van der Waals surface area (Å²) in [6.07, 6.45) is 1.25. The Bertz CT molecular complexity index is 654. The highest BCUT2D eigenvalue weighted by atomic mass is 16.2. The Hall–Kier alpha value is -2.41. The van der Waals surface area contributed by atoms with Crippen LogP contribution in [0.4, 0.5) is 5.69 Å². The fraction of sp³-hybridized carbons (Fsp3) is 0.526. The highest BCUT2D eigenvalue weighted by Gasteiger charge is 2.21. The first-order valence-electron chi connectivity index (χ1n) is 8.96. The molecule has 1 atom stereocenters. The van der Waals surface area contributed by atoms with Crippen LogP contribution in [-0.4, -0.2) is 69.3 Å². The van der Waals surface area contributed by atoms with E-state index in [0.29, 0.717) is 5.56 Å². The van der Waals surface area contributed by atoms with Gasteiger partial charge in [0.05, 0.1) is 0 Å². The molecule has 1 fully saturated rings. The Labute approximate surface area is 154 Å². The lowest BCUT2D eigenvalue weighted by atomic mass is 10.1. The topological polar surface area (TPSA) is 81.8 Å². The minimum absolute atomic E-state index is 0.222. The molecular weight excluding hydrogens is 332 g/mol. The molecule has 1 aromatic rings. The van der Waals surface area contributed by atoms with Gasteiger partial charge in [0.1, 0.15) is 12.3 Å². The van der Waals surface area contributed by atoms with E-state index < -0.39 is 6.04 Å². The van der Waals surface area contributed by atoms with Crippen molar-refractivity contribution in [3.8, 4) is 0 Å². The summed E-state index contributed by atoms with van der Waals surface area (Å²) in [4.78, 5) is 39.6. The normalized spacial score (nSPS) is 16.0. The van der Waals surface area contributed by atoms with Crippen molar-refractivity contribution in [1.82, 2.24) is 15.5 Å². The van der Waals surface area contributed by atoms with Crippen LogP contribution in [0.3, 0.4) is 0 Å². The van der Waals surface area contributed by atoms with Crippen molar-refractivity contribution in [3.63, 3.8) is 0 Å². The highest BCUT2D eigenvalue weighted by Crippen LogP contribution is 2.22. The number of piperazine rings is 1. The van der Waals surface area contributed by atoms with E-state index in [9.17, 15) is 14.4 Å². The first-order valence-corrected chi connectivity index (χ1v) is 8.96. The molecule has 1 unspecified atom stereocenters. The van der Waals surface area contributed by atoms with Gasteiger partial charge in [-0.05, 0) is 44.2 Å². The molecule has 7 heteroatoms. The average Bonchev–Trinajstić information content (AvgIpc) is 2.65. The van der Waals surface area contributed by atoms with Gasteiger partial charge in [-0.15, -0.1) is 0 Å². The van der Waals surface area contributed by atoms with Crippen molar-refractivity contribution in [2.24, 2.45) is 0 Å². The molecule has 1 aliphatic heterocycles. The number of amides is 2. The van der Waals surface area contributed by atoms with Crippen LogP contribution in [-0.2, 0) is 9.59 Å². The first kappa shape index (κ1) is 19.9. The third-order valence-corrected chi connectivity index (χ3v) is 4.74. The van der Waals surface area contributed by atoms with Crippen molar-refractivity contribution in [2.75, 3.05) is 45.2 Å². The molecule has 0 spiro atoms. The van der Waals surface area contributed by atoms with E-state index in [0.717, 1.165) is 43.7 Å². The van der Waals surface area contributed by atoms with Crippen LogP contribution in [0.1, 0.15) is 28.8 Å². The zero-order chi connectivity index (χ0) is 19.1. The largest absolute Gasteiger partial charge is 0.369 e. The molecular formula is C19H28N4O3. The van der Waals surface area contributed by atoms with Crippen molar-refractivity contribution < 1.29 is 14.4 Å². The number of rotatable bonds is 7. The summed E-state index contributed by atoms with van der Waals surface area (Å²) in [6, 6.07) is 4.89. The molecule has 0 radical (unpaired) electrons. The van der Waals surface area contributed by atoms with Crippen molar-refractivity contribution in [3.05, 3.63) is 29.3 Å². The Kier molecular flexibility index (Phi) is 7.15. The van der Waals surface area contributed by atoms with Crippen molar-refractivity contribution in [2.45, 2.75) is 25.8 Å². The fourth-order valence-electron chi connectivity index (χ4n) is 3.12. The highest BCUT2D eigenvalue weighted by molar-refractivity contribution is 5.98. The van der Waals surface area contributed by atoms with Crippen LogP contribution >= 0.6 is 0 Å². The summed E-state index contributed by atoms with van der Waals surface area (Å²) in [5.41, 5.74) is 2.69. The summed E-state index contributed by atoms with van der Waals surface area (Å²) in [5.74, 6) is -0.608. The number of carbonyl (C=O) groups excluding carboxylic acids is 3. The molecule has 1 aromatic carbocycles. The molecule has 142 valence electrons. The maximum absolute atomic E-state index is 12.5. The van der Waals surface area contributed by atoms with Gasteiger partial charge in [0.25, 0.3) is 5.91 Å². The average molecular weight is 360 g/mol. The Morgan fingerprint density at radius 3 is 2.50 bits per heavy atom. The molecule has 0 aliphatic carbocycles. The van der Waals surface area contributed by atoms with Crippen LogP contribution < -0.4 is 15.5 Å². The second-order valence-electron chi connectivity index (χ2n) is 6.68. The van der Waals surface area contributed by atoms with E-state index >= 15 is 0 Å². The van der Waals surface area contributed by atoms with Gasteiger partial charge in [-0.1, -0.05) is 0 Å². The predicted molar refractivity (Wildman–Crippen MR) is 102 cm³/mol. The molecule has 1 heterocycles. The molecule has 0 saturated carbocycles. The van der Waals surface area contributed by atoms with Gasteiger partial charge in [-0.25, -0.2) is 0 Å². The predicted octanol–water partition coefficient (Wildman–Crippen LogP) is 0.570. The van der Waals surface area contributed by atoms with Crippen LogP contribution in [0.25, 0.3) is 0 Å². The van der Waals surface area contributed by atoms with Gasteiger partial charge in [-0.2, -0.15) is 0 Å². The number of nitrogens with one attached hydrogen (secondary N) is 2. The lowest BCUT2D eigenvalue weighted by Gasteiger charge is -2.35. The van der Waals surface area contributed by atoms with Gasteiger partial charge < -0.3 is 25.2 Å². The number of likely N-dealkylation sites (N-methyl/N-ethyl adjacent to an activating group) is 2. The number of anilines is 1. The smallest absolute Gasteiger partial charge is 0.251 e. The molecule has 2 rings (SSSR count). The Balaban J connectivity index is 2.07. The van der Waals surface area contributed by atoms with E-state index in [1.54, 1.807) is 6.07 Å². The van der Waals surface area contributed by atoms with Crippen LogP contribution in [0.15, 0.2) is 18.2 Å². The second kappa shape index (κ2) is 9.33. The van der Waals surface area contributed by atoms with Gasteiger partial charge in [0, 0.05) is 50.9 Å². The molecule has 26 heavy (non-hydrogen) atoms. The minimum Gasteiger partial charge on any atom is -0.369 e. The Morgan fingerprint density at radius 2 is 1.92 bits per heavy atom. The van der Waals surface area contributed by atoms with Crippen LogP contribution in [0.5, 0.6) is 0 Å². The van der Waals surface area contributed by atoms with E-state index in [1.165, 1.54) is 7.05 Å². The minimum atomic E-state index is -0.713. The number of hydrogen-bond donors (Lipinski definition) is 2. The number of benzene rings is 1. The zero-order valence-corrected chi connectivity index (χ0v) is 15.7. The van der Waals surface area contributed by atoms with Crippen LogP contribution in [0, 0.1) is 6.92 Å². The number of aldehydes is 1. The number of aryl methyl sites for hydroxylation is 1. The number of nitrogens with zero attached hydrogens (tertiary/aromatic N) is 2. The maximum Gasteiger partial charge on any atom is 0.251 e. The van der Waals surface area contributed by atoms with Gasteiger partial charge in [0.2, 0.25) is 5.91 Å². The summed E-state index contributed by atoms with van der Waals surface area (Å²) in [7, 11) is 3.63.